The summed E-state index contributed by atoms with van der Waals surface area (Å²) >= 11 is 0. The maximum absolute atomic E-state index is 2.59. The van der Waals surface area contributed by atoms with Crippen molar-refractivity contribution in [1.29, 1.82) is 0 Å². The largest absolute Gasteiger partial charge is 0.356 e. The highest BCUT2D eigenvalue weighted by molar-refractivity contribution is 5.51. The van der Waals surface area contributed by atoms with E-state index in [2.05, 4.69) is 66.4 Å². The van der Waals surface area contributed by atoms with Crippen LogP contribution in [0.4, 0.5) is 5.69 Å². The minimum atomic E-state index is 0.508. The Labute approximate surface area is 168 Å². The average molecular weight is 371 g/mol. The van der Waals surface area contributed by atoms with E-state index in [0.29, 0.717) is 6.17 Å². The van der Waals surface area contributed by atoms with Crippen LogP contribution >= 0.6 is 0 Å². The van der Waals surface area contributed by atoms with E-state index < -0.39 is 0 Å². The van der Waals surface area contributed by atoms with Gasteiger partial charge in [-0.1, -0.05) is 96.3 Å². The van der Waals surface area contributed by atoms with Crippen LogP contribution in [0, 0.1) is 0 Å². The van der Waals surface area contributed by atoms with Crippen LogP contribution in [-0.4, -0.2) is 17.6 Å². The third-order valence-corrected chi connectivity index (χ3v) is 5.76. The second kappa shape index (κ2) is 13.7. The fourth-order valence-electron chi connectivity index (χ4n) is 4.08. The molecule has 0 radical (unpaired) electrons. The van der Waals surface area contributed by atoms with Crippen LogP contribution in [0.3, 0.4) is 0 Å². The first kappa shape index (κ1) is 21.9. The molecule has 0 saturated carbocycles. The predicted molar refractivity (Wildman–Crippen MR) is 120 cm³/mol. The van der Waals surface area contributed by atoms with Gasteiger partial charge < -0.3 is 9.80 Å². The number of para-hydroxylation sites is 1. The summed E-state index contributed by atoms with van der Waals surface area (Å²) in [5.74, 6) is 0. The van der Waals surface area contributed by atoms with Gasteiger partial charge in [0.1, 0.15) is 6.17 Å². The Hall–Kier alpha value is -1.44. The molecule has 1 aliphatic heterocycles. The minimum absolute atomic E-state index is 0.508. The summed E-state index contributed by atoms with van der Waals surface area (Å²) < 4.78 is 0. The fraction of sp³-hybridized carbons (Fsp3) is 0.680. The highest BCUT2D eigenvalue weighted by atomic mass is 15.4. The SMILES string of the molecule is CCCCCCCCCCC1N(CCCCCC)C=CN1c1ccccc1. The lowest BCUT2D eigenvalue weighted by Crippen LogP contribution is -2.39. The molecule has 27 heavy (non-hydrogen) atoms. The van der Waals surface area contributed by atoms with Crippen molar-refractivity contribution in [1.82, 2.24) is 4.90 Å². The lowest BCUT2D eigenvalue weighted by molar-refractivity contribution is 0.273. The summed E-state index contributed by atoms with van der Waals surface area (Å²) in [5, 5.41) is 0. The monoisotopic (exact) mass is 370 g/mol. The molecule has 1 aliphatic rings. The van der Waals surface area contributed by atoms with Crippen LogP contribution in [0.1, 0.15) is 97.3 Å². The number of rotatable bonds is 15. The Morgan fingerprint density at radius 1 is 0.667 bits per heavy atom. The van der Waals surface area contributed by atoms with Gasteiger partial charge in [0.05, 0.1) is 0 Å². The lowest BCUT2D eigenvalue weighted by Gasteiger charge is -2.33. The first-order valence-electron chi connectivity index (χ1n) is 11.6. The maximum Gasteiger partial charge on any atom is 0.105 e. The molecule has 1 aromatic rings. The molecule has 1 heterocycles. The van der Waals surface area contributed by atoms with Crippen molar-refractivity contribution in [3.8, 4) is 0 Å². The maximum atomic E-state index is 2.59. The van der Waals surface area contributed by atoms with Crippen molar-refractivity contribution in [3.05, 3.63) is 42.7 Å². The summed E-state index contributed by atoms with van der Waals surface area (Å²) in [7, 11) is 0. The summed E-state index contributed by atoms with van der Waals surface area (Å²) in [4.78, 5) is 5.07. The number of hydrogen-bond donors (Lipinski definition) is 0. The highest BCUT2D eigenvalue weighted by Gasteiger charge is 2.26. The Balaban J connectivity index is 1.78. The van der Waals surface area contributed by atoms with Crippen LogP contribution in [0.15, 0.2) is 42.7 Å². The molecule has 0 aliphatic carbocycles. The summed E-state index contributed by atoms with van der Waals surface area (Å²) in [6, 6.07) is 10.9. The minimum Gasteiger partial charge on any atom is -0.356 e. The highest BCUT2D eigenvalue weighted by Crippen LogP contribution is 2.28. The standard InChI is InChI=1S/C25H42N2/c1-3-5-7-9-10-11-12-16-20-25-26(21-17-8-6-4-2)22-23-27(25)24-18-14-13-15-19-24/h13-15,18-19,22-23,25H,3-12,16-17,20-21H2,1-2H3. The van der Waals surface area contributed by atoms with E-state index in [4.69, 9.17) is 0 Å². The molecule has 1 aromatic carbocycles. The van der Waals surface area contributed by atoms with Crippen LogP contribution in [0.25, 0.3) is 0 Å². The Bertz CT molecular complexity index is 496. The molecule has 2 rings (SSSR count). The Morgan fingerprint density at radius 3 is 1.93 bits per heavy atom. The van der Waals surface area contributed by atoms with Crippen LogP contribution in [-0.2, 0) is 0 Å². The summed E-state index contributed by atoms with van der Waals surface area (Å²) in [6.07, 6.45) is 22.9. The summed E-state index contributed by atoms with van der Waals surface area (Å²) in [6.45, 7) is 5.78. The first-order valence-corrected chi connectivity index (χ1v) is 11.6. The molecule has 0 amide bonds. The number of unbranched alkanes of at least 4 members (excludes halogenated alkanes) is 10. The normalized spacial score (nSPS) is 16.4. The molecule has 0 bridgehead atoms. The van der Waals surface area contributed by atoms with E-state index in [9.17, 15) is 0 Å². The molecular weight excluding hydrogens is 328 g/mol. The van der Waals surface area contributed by atoms with E-state index in [1.165, 1.54) is 95.7 Å². The van der Waals surface area contributed by atoms with Gasteiger partial charge in [-0.2, -0.15) is 0 Å². The van der Waals surface area contributed by atoms with Crippen molar-refractivity contribution in [2.24, 2.45) is 0 Å². The van der Waals surface area contributed by atoms with E-state index in [1.54, 1.807) is 0 Å². The first-order chi connectivity index (χ1) is 13.4. The number of nitrogens with zero attached hydrogens (tertiary/aromatic N) is 2. The van der Waals surface area contributed by atoms with Gasteiger partial charge in [-0.15, -0.1) is 0 Å². The molecule has 2 heteroatoms. The van der Waals surface area contributed by atoms with Gasteiger partial charge in [-0.25, -0.2) is 0 Å². The lowest BCUT2D eigenvalue weighted by atomic mass is 10.1. The molecule has 0 saturated heterocycles. The molecule has 0 aromatic heterocycles. The van der Waals surface area contributed by atoms with Crippen LogP contribution in [0.2, 0.25) is 0 Å². The third-order valence-electron chi connectivity index (χ3n) is 5.76. The van der Waals surface area contributed by atoms with Gasteiger partial charge in [0.2, 0.25) is 0 Å². The molecule has 0 fully saturated rings. The number of anilines is 1. The Morgan fingerprint density at radius 2 is 1.26 bits per heavy atom. The van der Waals surface area contributed by atoms with Gasteiger partial charge in [0, 0.05) is 24.6 Å². The second-order valence-corrected chi connectivity index (χ2v) is 8.08. The summed E-state index contributed by atoms with van der Waals surface area (Å²) in [5.41, 5.74) is 1.33. The zero-order valence-electron chi connectivity index (χ0n) is 17.9. The smallest absolute Gasteiger partial charge is 0.105 e. The van der Waals surface area contributed by atoms with Gasteiger partial charge >= 0.3 is 0 Å². The zero-order valence-corrected chi connectivity index (χ0v) is 17.9. The van der Waals surface area contributed by atoms with Gasteiger partial charge in [0.25, 0.3) is 0 Å². The third kappa shape index (κ3) is 7.99. The van der Waals surface area contributed by atoms with Gasteiger partial charge in [-0.05, 0) is 31.4 Å². The molecular formula is C25H42N2. The Kier molecular flexibility index (Phi) is 11.1. The van der Waals surface area contributed by atoms with E-state index >= 15 is 0 Å². The van der Waals surface area contributed by atoms with Crippen molar-refractivity contribution < 1.29 is 0 Å². The molecule has 152 valence electrons. The van der Waals surface area contributed by atoms with Crippen LogP contribution < -0.4 is 4.90 Å². The molecule has 1 unspecified atom stereocenters. The van der Waals surface area contributed by atoms with E-state index in [1.807, 2.05) is 0 Å². The molecule has 0 spiro atoms. The molecule has 1 atom stereocenters. The topological polar surface area (TPSA) is 6.48 Å². The molecule has 0 N–H and O–H groups in total. The number of benzene rings is 1. The van der Waals surface area contributed by atoms with Crippen molar-refractivity contribution in [2.75, 3.05) is 11.4 Å². The second-order valence-electron chi connectivity index (χ2n) is 8.08. The predicted octanol–water partition coefficient (Wildman–Crippen LogP) is 7.72. The van der Waals surface area contributed by atoms with Crippen LogP contribution in [0.5, 0.6) is 0 Å². The quantitative estimate of drug-likeness (QED) is 0.292. The fourth-order valence-corrected chi connectivity index (χ4v) is 4.08. The van der Waals surface area contributed by atoms with Gasteiger partial charge in [0.15, 0.2) is 0 Å². The van der Waals surface area contributed by atoms with Crippen molar-refractivity contribution in [2.45, 2.75) is 103 Å². The van der Waals surface area contributed by atoms with Crippen molar-refractivity contribution >= 4 is 5.69 Å². The average Bonchev–Trinajstić information content (AvgIpc) is 3.11. The van der Waals surface area contributed by atoms with E-state index in [0.717, 1.165) is 0 Å². The van der Waals surface area contributed by atoms with Crippen molar-refractivity contribution in [3.63, 3.8) is 0 Å². The number of hydrogen-bond acceptors (Lipinski definition) is 2. The van der Waals surface area contributed by atoms with Gasteiger partial charge in [-0.3, -0.25) is 0 Å². The van der Waals surface area contributed by atoms with E-state index in [-0.39, 0.29) is 0 Å². The molecule has 2 nitrogen and oxygen atoms in total. The zero-order chi connectivity index (χ0) is 19.2.